The van der Waals surface area contributed by atoms with E-state index >= 15 is 0 Å². The molecule has 112 valence electrons. The van der Waals surface area contributed by atoms with Crippen molar-refractivity contribution in [2.45, 2.75) is 24.0 Å². The number of rotatable bonds is 4. The molecule has 1 aliphatic heterocycles. The quantitative estimate of drug-likeness (QED) is 0.913. The van der Waals surface area contributed by atoms with Gasteiger partial charge in [0.1, 0.15) is 5.75 Å². The van der Waals surface area contributed by atoms with Gasteiger partial charge >= 0.3 is 6.61 Å². The molecule has 1 heterocycles. The molecular weight excluding hydrogens is 314 g/mol. The molecule has 0 saturated carbocycles. The lowest BCUT2D eigenvalue weighted by atomic mass is 10.3. The number of halogens is 3. The zero-order valence-corrected chi connectivity index (χ0v) is 11.9. The van der Waals surface area contributed by atoms with E-state index in [1.54, 1.807) is 0 Å². The lowest BCUT2D eigenvalue weighted by Crippen LogP contribution is -2.31. The molecule has 1 aliphatic rings. The maximum absolute atomic E-state index is 12.3. The van der Waals surface area contributed by atoms with Gasteiger partial charge in [0.15, 0.2) is 0 Å². The molecule has 0 spiro atoms. The number of sulfonamides is 1. The van der Waals surface area contributed by atoms with Crippen LogP contribution >= 0.6 is 11.6 Å². The van der Waals surface area contributed by atoms with E-state index in [-0.39, 0.29) is 28.3 Å². The minimum atomic E-state index is -3.71. The van der Waals surface area contributed by atoms with E-state index in [1.165, 1.54) is 10.4 Å². The molecule has 0 radical (unpaired) electrons. The van der Waals surface area contributed by atoms with Crippen LogP contribution in [-0.2, 0) is 10.0 Å². The summed E-state index contributed by atoms with van der Waals surface area (Å²) in [5.74, 6) is -0.265. The molecule has 2 rings (SSSR count). The van der Waals surface area contributed by atoms with Crippen molar-refractivity contribution >= 4 is 21.6 Å². The molecule has 1 aromatic rings. The van der Waals surface area contributed by atoms with Crippen LogP contribution in [0.1, 0.15) is 6.42 Å². The lowest BCUT2D eigenvalue weighted by Gasteiger charge is -2.16. The van der Waals surface area contributed by atoms with E-state index in [9.17, 15) is 17.2 Å². The third-order valence-electron chi connectivity index (χ3n) is 2.94. The average molecular weight is 327 g/mol. The fraction of sp³-hybridized carbons (Fsp3) is 0.455. The van der Waals surface area contributed by atoms with Gasteiger partial charge in [-0.1, -0.05) is 11.6 Å². The number of ether oxygens (including phenoxy) is 1. The first-order chi connectivity index (χ1) is 9.30. The van der Waals surface area contributed by atoms with Crippen LogP contribution < -0.4 is 10.5 Å². The van der Waals surface area contributed by atoms with Crippen molar-refractivity contribution in [1.29, 1.82) is 0 Å². The van der Waals surface area contributed by atoms with Gasteiger partial charge in [0, 0.05) is 19.1 Å². The molecule has 0 bridgehead atoms. The summed E-state index contributed by atoms with van der Waals surface area (Å²) in [6.45, 7) is -2.46. The van der Waals surface area contributed by atoms with E-state index in [2.05, 4.69) is 4.74 Å². The molecular formula is C11H13ClF2N2O3S. The highest BCUT2D eigenvalue weighted by molar-refractivity contribution is 7.89. The first-order valence-corrected chi connectivity index (χ1v) is 7.62. The van der Waals surface area contributed by atoms with E-state index in [1.807, 2.05) is 0 Å². The van der Waals surface area contributed by atoms with Gasteiger partial charge in [0.2, 0.25) is 10.0 Å². The van der Waals surface area contributed by atoms with Crippen LogP contribution in [0.3, 0.4) is 0 Å². The number of benzene rings is 1. The zero-order valence-electron chi connectivity index (χ0n) is 10.3. The molecule has 1 fully saturated rings. The lowest BCUT2D eigenvalue weighted by molar-refractivity contribution is -0.0498. The van der Waals surface area contributed by atoms with Gasteiger partial charge < -0.3 is 10.5 Å². The van der Waals surface area contributed by atoms with Gasteiger partial charge in [-0.25, -0.2) is 8.42 Å². The van der Waals surface area contributed by atoms with Crippen LogP contribution in [0.4, 0.5) is 8.78 Å². The molecule has 0 amide bonds. The topological polar surface area (TPSA) is 72.6 Å². The summed E-state index contributed by atoms with van der Waals surface area (Å²) < 4.78 is 54.2. The third-order valence-corrected chi connectivity index (χ3v) is 5.10. The molecule has 0 aromatic heterocycles. The Bertz CT molecular complexity index is 597. The SMILES string of the molecule is N[C@@H]1CCN(S(=O)(=O)c2ccc(OC(F)F)c(Cl)c2)C1. The standard InChI is InChI=1S/C11H13ClF2N2O3S/c12-9-5-8(1-2-10(9)19-11(13)14)20(17,18)16-4-3-7(15)6-16/h1-2,5,7,11H,3-4,6,15H2/t7-/m1/s1. The third kappa shape index (κ3) is 3.20. The fourth-order valence-electron chi connectivity index (χ4n) is 1.95. The van der Waals surface area contributed by atoms with Crippen LogP contribution in [0.5, 0.6) is 5.75 Å². The van der Waals surface area contributed by atoms with Crippen molar-refractivity contribution in [1.82, 2.24) is 4.31 Å². The van der Waals surface area contributed by atoms with Crippen molar-refractivity contribution in [3.05, 3.63) is 23.2 Å². The molecule has 0 unspecified atom stereocenters. The van der Waals surface area contributed by atoms with Gasteiger partial charge in [0.25, 0.3) is 0 Å². The summed E-state index contributed by atoms with van der Waals surface area (Å²) in [4.78, 5) is -0.0711. The molecule has 1 aromatic carbocycles. The maximum Gasteiger partial charge on any atom is 0.387 e. The molecule has 0 aliphatic carbocycles. The zero-order chi connectivity index (χ0) is 14.9. The van der Waals surface area contributed by atoms with Gasteiger partial charge in [0.05, 0.1) is 9.92 Å². The van der Waals surface area contributed by atoms with Crippen LogP contribution in [-0.4, -0.2) is 38.5 Å². The Labute approximate surface area is 120 Å². The van der Waals surface area contributed by atoms with Crippen LogP contribution in [0.25, 0.3) is 0 Å². The number of hydrogen-bond acceptors (Lipinski definition) is 4. The van der Waals surface area contributed by atoms with Crippen molar-refractivity contribution in [3.63, 3.8) is 0 Å². The summed E-state index contributed by atoms with van der Waals surface area (Å²) in [6.07, 6.45) is 0.583. The Morgan fingerprint density at radius 3 is 2.65 bits per heavy atom. The Morgan fingerprint density at radius 2 is 2.15 bits per heavy atom. The molecule has 20 heavy (non-hydrogen) atoms. The van der Waals surface area contributed by atoms with Crippen molar-refractivity contribution in [2.75, 3.05) is 13.1 Å². The molecule has 1 atom stereocenters. The summed E-state index contributed by atoms with van der Waals surface area (Å²) in [5, 5.41) is -0.185. The highest BCUT2D eigenvalue weighted by Gasteiger charge is 2.31. The Hall–Kier alpha value is -0.960. The van der Waals surface area contributed by atoms with Gasteiger partial charge in [-0.3, -0.25) is 0 Å². The van der Waals surface area contributed by atoms with Crippen LogP contribution in [0.2, 0.25) is 5.02 Å². The molecule has 1 saturated heterocycles. The minimum Gasteiger partial charge on any atom is -0.433 e. The molecule has 2 N–H and O–H groups in total. The summed E-state index contributed by atoms with van der Waals surface area (Å²) in [7, 11) is -3.71. The Morgan fingerprint density at radius 1 is 1.45 bits per heavy atom. The first-order valence-electron chi connectivity index (χ1n) is 5.81. The monoisotopic (exact) mass is 326 g/mol. The fourth-order valence-corrected chi connectivity index (χ4v) is 3.78. The van der Waals surface area contributed by atoms with Gasteiger partial charge in [-0.05, 0) is 24.6 Å². The van der Waals surface area contributed by atoms with Gasteiger partial charge in [-0.2, -0.15) is 13.1 Å². The highest BCUT2D eigenvalue weighted by Crippen LogP contribution is 2.30. The number of nitrogens with zero attached hydrogens (tertiary/aromatic N) is 1. The summed E-state index contributed by atoms with van der Waals surface area (Å²) in [5.41, 5.74) is 5.67. The minimum absolute atomic E-state index is 0.0711. The normalized spacial score (nSPS) is 20.6. The second-order valence-corrected chi connectivity index (χ2v) is 6.73. The second-order valence-electron chi connectivity index (χ2n) is 4.38. The number of nitrogens with two attached hydrogens (primary N) is 1. The summed E-state index contributed by atoms with van der Waals surface area (Å²) >= 11 is 5.75. The van der Waals surface area contributed by atoms with Crippen molar-refractivity contribution < 1.29 is 21.9 Å². The molecule has 9 heteroatoms. The summed E-state index contributed by atoms with van der Waals surface area (Å²) in [6, 6.07) is 3.19. The highest BCUT2D eigenvalue weighted by atomic mass is 35.5. The van der Waals surface area contributed by atoms with Crippen LogP contribution in [0.15, 0.2) is 23.1 Å². The van der Waals surface area contributed by atoms with Crippen molar-refractivity contribution in [2.24, 2.45) is 5.73 Å². The Kier molecular flexibility index (Phi) is 4.48. The van der Waals surface area contributed by atoms with E-state index in [0.29, 0.717) is 13.0 Å². The molecule has 5 nitrogen and oxygen atoms in total. The van der Waals surface area contributed by atoms with Crippen molar-refractivity contribution in [3.8, 4) is 5.75 Å². The van der Waals surface area contributed by atoms with E-state index < -0.39 is 16.6 Å². The number of hydrogen-bond donors (Lipinski definition) is 1. The number of alkyl halides is 2. The van der Waals surface area contributed by atoms with E-state index in [0.717, 1.165) is 12.1 Å². The maximum atomic E-state index is 12.3. The first kappa shape index (κ1) is 15.4. The Balaban J connectivity index is 2.27. The smallest absolute Gasteiger partial charge is 0.387 e. The second kappa shape index (κ2) is 5.80. The predicted molar refractivity (Wildman–Crippen MR) is 69.4 cm³/mol. The van der Waals surface area contributed by atoms with Crippen LogP contribution in [0, 0.1) is 0 Å². The van der Waals surface area contributed by atoms with E-state index in [4.69, 9.17) is 17.3 Å². The average Bonchev–Trinajstić information content (AvgIpc) is 2.78. The predicted octanol–water partition coefficient (Wildman–Crippen LogP) is 1.66. The van der Waals surface area contributed by atoms with Gasteiger partial charge in [-0.15, -0.1) is 0 Å². The largest absolute Gasteiger partial charge is 0.433 e.